The van der Waals surface area contributed by atoms with Crippen LogP contribution < -0.4 is 5.14 Å². The predicted molar refractivity (Wildman–Crippen MR) is 49.7 cm³/mol. The topological polar surface area (TPSA) is 106 Å². The van der Waals surface area contributed by atoms with Gasteiger partial charge in [0.2, 0.25) is 10.0 Å². The number of sulfonamides is 1. The van der Waals surface area contributed by atoms with Crippen LogP contribution in [0.1, 0.15) is 17.5 Å². The molecule has 0 amide bonds. The molecule has 0 aliphatic carbocycles. The Hall–Kier alpha value is -1.05. The molecule has 3 N–H and O–H groups in total. The Morgan fingerprint density at radius 1 is 1.50 bits per heavy atom. The summed E-state index contributed by atoms with van der Waals surface area (Å²) in [5.41, 5.74) is 0.830. The number of aliphatic hydroxyl groups excluding tert-OH is 1. The molecule has 0 aromatic carbocycles. The molecule has 1 aromatic rings. The van der Waals surface area contributed by atoms with Gasteiger partial charge < -0.3 is 5.11 Å². The van der Waals surface area contributed by atoms with Gasteiger partial charge in [0.15, 0.2) is 5.82 Å². The van der Waals surface area contributed by atoms with E-state index in [4.69, 9.17) is 5.14 Å². The second-order valence-electron chi connectivity index (χ2n) is 2.96. The SMILES string of the molecule is Cc1cnc([C@@H](O)CS(N)(=O)=O)nc1. The summed E-state index contributed by atoms with van der Waals surface area (Å²) >= 11 is 0. The minimum absolute atomic E-state index is 0.0598. The van der Waals surface area contributed by atoms with Crippen molar-refractivity contribution in [1.29, 1.82) is 0 Å². The number of primary sulfonamides is 1. The van der Waals surface area contributed by atoms with E-state index in [2.05, 4.69) is 9.97 Å². The quantitative estimate of drug-likeness (QED) is 0.683. The summed E-state index contributed by atoms with van der Waals surface area (Å²) in [6.45, 7) is 1.79. The zero-order valence-corrected chi connectivity index (χ0v) is 8.40. The number of aliphatic hydroxyl groups is 1. The van der Waals surface area contributed by atoms with Crippen molar-refractivity contribution in [3.05, 3.63) is 23.8 Å². The number of aryl methyl sites for hydroxylation is 1. The third kappa shape index (κ3) is 3.36. The van der Waals surface area contributed by atoms with Crippen LogP contribution in [0.4, 0.5) is 0 Å². The van der Waals surface area contributed by atoms with Gasteiger partial charge in [-0.2, -0.15) is 0 Å². The van der Waals surface area contributed by atoms with Crippen molar-refractivity contribution in [3.8, 4) is 0 Å². The molecule has 1 heterocycles. The fraction of sp³-hybridized carbons (Fsp3) is 0.429. The van der Waals surface area contributed by atoms with Crippen LogP contribution in [-0.2, 0) is 10.0 Å². The number of nitrogens with two attached hydrogens (primary N) is 1. The van der Waals surface area contributed by atoms with Crippen molar-refractivity contribution < 1.29 is 13.5 Å². The normalized spacial score (nSPS) is 13.9. The van der Waals surface area contributed by atoms with Gasteiger partial charge in [-0.3, -0.25) is 0 Å². The number of hydrogen-bond donors (Lipinski definition) is 2. The third-order valence-electron chi connectivity index (χ3n) is 1.49. The average Bonchev–Trinajstić information content (AvgIpc) is 2.02. The van der Waals surface area contributed by atoms with E-state index in [-0.39, 0.29) is 5.82 Å². The largest absolute Gasteiger partial charge is 0.384 e. The van der Waals surface area contributed by atoms with Gasteiger partial charge in [0.05, 0.1) is 5.75 Å². The van der Waals surface area contributed by atoms with Gasteiger partial charge in [0, 0.05) is 12.4 Å². The van der Waals surface area contributed by atoms with Gasteiger partial charge in [0.1, 0.15) is 6.10 Å². The maximum absolute atomic E-state index is 10.6. The molecular formula is C7H11N3O3S. The molecule has 0 unspecified atom stereocenters. The van der Waals surface area contributed by atoms with Gasteiger partial charge in [-0.05, 0) is 12.5 Å². The first-order valence-corrected chi connectivity index (χ1v) is 5.57. The molecule has 0 fully saturated rings. The average molecular weight is 217 g/mol. The highest BCUT2D eigenvalue weighted by atomic mass is 32.2. The number of rotatable bonds is 3. The molecular weight excluding hydrogens is 206 g/mol. The summed E-state index contributed by atoms with van der Waals surface area (Å²) in [5, 5.41) is 14.1. The van der Waals surface area contributed by atoms with E-state index in [0.29, 0.717) is 0 Å². The number of aromatic nitrogens is 2. The van der Waals surface area contributed by atoms with E-state index in [9.17, 15) is 13.5 Å². The Balaban J connectivity index is 2.80. The maximum Gasteiger partial charge on any atom is 0.212 e. The molecule has 0 aliphatic rings. The minimum atomic E-state index is -3.71. The lowest BCUT2D eigenvalue weighted by molar-refractivity contribution is 0.191. The van der Waals surface area contributed by atoms with Crippen LogP contribution in [-0.4, -0.2) is 29.2 Å². The molecule has 6 nitrogen and oxygen atoms in total. The predicted octanol–water partition coefficient (Wildman–Crippen LogP) is -0.893. The van der Waals surface area contributed by atoms with Crippen LogP contribution in [0.2, 0.25) is 0 Å². The van der Waals surface area contributed by atoms with Crippen molar-refractivity contribution in [3.63, 3.8) is 0 Å². The van der Waals surface area contributed by atoms with Crippen LogP contribution >= 0.6 is 0 Å². The molecule has 1 aromatic heterocycles. The van der Waals surface area contributed by atoms with Crippen LogP contribution in [0, 0.1) is 6.92 Å². The lowest BCUT2D eigenvalue weighted by Gasteiger charge is -2.06. The smallest absolute Gasteiger partial charge is 0.212 e. The lowest BCUT2D eigenvalue weighted by atomic mass is 10.3. The molecule has 0 aliphatic heterocycles. The molecule has 0 saturated heterocycles. The first-order valence-electron chi connectivity index (χ1n) is 3.85. The van der Waals surface area contributed by atoms with E-state index < -0.39 is 21.9 Å². The molecule has 78 valence electrons. The highest BCUT2D eigenvalue weighted by molar-refractivity contribution is 7.89. The molecule has 0 radical (unpaired) electrons. The van der Waals surface area contributed by atoms with Gasteiger partial charge in [-0.15, -0.1) is 0 Å². The zero-order chi connectivity index (χ0) is 10.8. The Morgan fingerprint density at radius 3 is 2.43 bits per heavy atom. The minimum Gasteiger partial charge on any atom is -0.384 e. The van der Waals surface area contributed by atoms with E-state index >= 15 is 0 Å². The molecule has 0 spiro atoms. The molecule has 7 heteroatoms. The van der Waals surface area contributed by atoms with Gasteiger partial charge >= 0.3 is 0 Å². The van der Waals surface area contributed by atoms with E-state index in [1.807, 2.05) is 0 Å². The molecule has 1 atom stereocenters. The monoisotopic (exact) mass is 217 g/mol. The van der Waals surface area contributed by atoms with E-state index in [0.717, 1.165) is 5.56 Å². The fourth-order valence-corrected chi connectivity index (χ4v) is 1.46. The summed E-state index contributed by atoms with van der Waals surface area (Å²) in [4.78, 5) is 7.56. The molecule has 14 heavy (non-hydrogen) atoms. The Labute approximate surface area is 81.9 Å². The number of nitrogens with zero attached hydrogens (tertiary/aromatic N) is 2. The van der Waals surface area contributed by atoms with Crippen LogP contribution in [0.3, 0.4) is 0 Å². The van der Waals surface area contributed by atoms with E-state index in [1.165, 1.54) is 12.4 Å². The second-order valence-corrected chi connectivity index (χ2v) is 4.62. The van der Waals surface area contributed by atoms with Gasteiger partial charge in [-0.25, -0.2) is 23.5 Å². The van der Waals surface area contributed by atoms with Crippen molar-refractivity contribution in [2.24, 2.45) is 5.14 Å². The Morgan fingerprint density at radius 2 is 2.00 bits per heavy atom. The van der Waals surface area contributed by atoms with Gasteiger partial charge in [-0.1, -0.05) is 0 Å². The van der Waals surface area contributed by atoms with Gasteiger partial charge in [0.25, 0.3) is 0 Å². The summed E-state index contributed by atoms with van der Waals surface area (Å²) in [5.74, 6) is -0.514. The Kier molecular flexibility index (Phi) is 3.14. The molecule has 1 rings (SSSR count). The van der Waals surface area contributed by atoms with Crippen LogP contribution in [0.15, 0.2) is 12.4 Å². The van der Waals surface area contributed by atoms with Crippen molar-refractivity contribution in [2.45, 2.75) is 13.0 Å². The highest BCUT2D eigenvalue weighted by Gasteiger charge is 2.16. The summed E-state index contributed by atoms with van der Waals surface area (Å²) < 4.78 is 21.3. The summed E-state index contributed by atoms with van der Waals surface area (Å²) in [6, 6.07) is 0. The second kappa shape index (κ2) is 3.99. The van der Waals surface area contributed by atoms with Crippen LogP contribution in [0.5, 0.6) is 0 Å². The first-order chi connectivity index (χ1) is 6.38. The molecule has 0 bridgehead atoms. The highest BCUT2D eigenvalue weighted by Crippen LogP contribution is 2.08. The van der Waals surface area contributed by atoms with Crippen molar-refractivity contribution in [1.82, 2.24) is 9.97 Å². The maximum atomic E-state index is 10.6. The van der Waals surface area contributed by atoms with Crippen molar-refractivity contribution >= 4 is 10.0 Å². The molecule has 0 saturated carbocycles. The van der Waals surface area contributed by atoms with E-state index in [1.54, 1.807) is 6.92 Å². The summed E-state index contributed by atoms with van der Waals surface area (Å²) in [6.07, 6.45) is 1.72. The van der Waals surface area contributed by atoms with Crippen molar-refractivity contribution in [2.75, 3.05) is 5.75 Å². The van der Waals surface area contributed by atoms with Crippen LogP contribution in [0.25, 0.3) is 0 Å². The first kappa shape index (κ1) is 11.0. The fourth-order valence-electron chi connectivity index (χ4n) is 0.869. The zero-order valence-electron chi connectivity index (χ0n) is 7.58. The summed E-state index contributed by atoms with van der Waals surface area (Å²) in [7, 11) is -3.71. The third-order valence-corrected chi connectivity index (χ3v) is 2.27. The number of hydrogen-bond acceptors (Lipinski definition) is 5. The Bertz CT molecular complexity index is 401. The lowest BCUT2D eigenvalue weighted by Crippen LogP contribution is -2.22. The standard InChI is InChI=1S/C7H11N3O3S/c1-5-2-9-7(10-3-5)6(11)4-14(8,12)13/h2-3,6,11H,4H2,1H3,(H2,8,12,13)/t6-/m0/s1.